The summed E-state index contributed by atoms with van der Waals surface area (Å²) < 4.78 is 9.57. The van der Waals surface area contributed by atoms with Gasteiger partial charge >= 0.3 is 5.97 Å². The van der Waals surface area contributed by atoms with Crippen LogP contribution in [0.5, 0.6) is 0 Å². The van der Waals surface area contributed by atoms with E-state index in [0.29, 0.717) is 12.0 Å². The van der Waals surface area contributed by atoms with Crippen molar-refractivity contribution in [2.45, 2.75) is 6.92 Å². The molecule has 0 saturated carbocycles. The summed E-state index contributed by atoms with van der Waals surface area (Å²) in [6.07, 6.45) is 4.81. The van der Waals surface area contributed by atoms with Crippen LogP contribution in [0.3, 0.4) is 0 Å². The van der Waals surface area contributed by atoms with Crippen molar-refractivity contribution < 1.29 is 18.7 Å². The standard InChI is InChI=1S/C10H11NO4/c1-2-15-10(13)9(11-7-12)5-8-3-4-14-6-8/h3-7H,2H2,1H3,(H,11,12). The van der Waals surface area contributed by atoms with Crippen LogP contribution in [-0.4, -0.2) is 19.0 Å². The number of hydrogen-bond acceptors (Lipinski definition) is 4. The molecule has 0 saturated heterocycles. The number of esters is 1. The van der Waals surface area contributed by atoms with Crippen LogP contribution in [0.2, 0.25) is 0 Å². The summed E-state index contributed by atoms with van der Waals surface area (Å²) in [5.41, 5.74) is 0.751. The molecule has 5 heteroatoms. The first-order valence-electron chi connectivity index (χ1n) is 4.39. The van der Waals surface area contributed by atoms with Crippen LogP contribution in [0.25, 0.3) is 6.08 Å². The van der Waals surface area contributed by atoms with E-state index in [-0.39, 0.29) is 12.3 Å². The topological polar surface area (TPSA) is 68.5 Å². The third-order valence-electron chi connectivity index (χ3n) is 1.56. The molecule has 0 fully saturated rings. The van der Waals surface area contributed by atoms with Crippen molar-refractivity contribution in [2.75, 3.05) is 6.61 Å². The SMILES string of the molecule is CCOC(=O)C(=Cc1ccoc1)NC=O. The molecule has 1 N–H and O–H groups in total. The van der Waals surface area contributed by atoms with Crippen LogP contribution >= 0.6 is 0 Å². The van der Waals surface area contributed by atoms with Gasteiger partial charge in [0.1, 0.15) is 5.70 Å². The Bertz CT molecular complexity index is 354. The summed E-state index contributed by atoms with van der Waals surface area (Å²) in [5.74, 6) is -0.578. The molecule has 5 nitrogen and oxygen atoms in total. The molecular formula is C10H11NO4. The van der Waals surface area contributed by atoms with Crippen molar-refractivity contribution in [3.63, 3.8) is 0 Å². The normalized spacial score (nSPS) is 10.9. The second-order valence-electron chi connectivity index (χ2n) is 2.60. The predicted octanol–water partition coefficient (Wildman–Crippen LogP) is 0.930. The first kappa shape index (κ1) is 11.0. The lowest BCUT2D eigenvalue weighted by Gasteiger charge is -2.03. The highest BCUT2D eigenvalue weighted by Gasteiger charge is 2.09. The number of furan rings is 1. The summed E-state index contributed by atoms with van der Waals surface area (Å²) >= 11 is 0. The van der Waals surface area contributed by atoms with Crippen LogP contribution < -0.4 is 5.32 Å². The van der Waals surface area contributed by atoms with Crippen molar-refractivity contribution in [3.8, 4) is 0 Å². The van der Waals surface area contributed by atoms with Gasteiger partial charge in [-0.05, 0) is 19.1 Å². The lowest BCUT2D eigenvalue weighted by atomic mass is 10.2. The molecule has 0 bridgehead atoms. The Hall–Kier alpha value is -2.04. The van der Waals surface area contributed by atoms with E-state index >= 15 is 0 Å². The second kappa shape index (κ2) is 5.64. The molecule has 0 aromatic carbocycles. The van der Waals surface area contributed by atoms with E-state index in [1.165, 1.54) is 18.6 Å². The molecule has 0 radical (unpaired) electrons. The average molecular weight is 209 g/mol. The highest BCUT2D eigenvalue weighted by Crippen LogP contribution is 2.06. The van der Waals surface area contributed by atoms with E-state index in [0.717, 1.165) is 0 Å². The van der Waals surface area contributed by atoms with Gasteiger partial charge in [0.15, 0.2) is 0 Å². The molecule has 1 amide bonds. The van der Waals surface area contributed by atoms with E-state index in [9.17, 15) is 9.59 Å². The van der Waals surface area contributed by atoms with E-state index in [1.807, 2.05) is 0 Å². The lowest BCUT2D eigenvalue weighted by molar-refractivity contribution is -0.139. The summed E-state index contributed by atoms with van der Waals surface area (Å²) in [4.78, 5) is 21.6. The van der Waals surface area contributed by atoms with Crippen LogP contribution in [0, 0.1) is 0 Å². The molecule has 1 aromatic rings. The van der Waals surface area contributed by atoms with E-state index in [2.05, 4.69) is 5.32 Å². The molecule has 0 atom stereocenters. The van der Waals surface area contributed by atoms with Gasteiger partial charge in [-0.15, -0.1) is 0 Å². The first-order chi connectivity index (χ1) is 7.27. The molecule has 0 aliphatic heterocycles. The number of amides is 1. The maximum Gasteiger partial charge on any atom is 0.354 e. The van der Waals surface area contributed by atoms with Gasteiger partial charge in [-0.1, -0.05) is 0 Å². The van der Waals surface area contributed by atoms with E-state index in [4.69, 9.17) is 9.15 Å². The minimum Gasteiger partial charge on any atom is -0.472 e. The van der Waals surface area contributed by atoms with E-state index in [1.54, 1.807) is 13.0 Å². The number of nitrogens with one attached hydrogen (secondary N) is 1. The van der Waals surface area contributed by atoms with Crippen molar-refractivity contribution in [1.29, 1.82) is 0 Å². The van der Waals surface area contributed by atoms with E-state index < -0.39 is 5.97 Å². The lowest BCUT2D eigenvalue weighted by Crippen LogP contribution is -2.20. The number of hydrogen-bond donors (Lipinski definition) is 1. The molecule has 0 unspecified atom stereocenters. The minimum atomic E-state index is -0.578. The maximum absolute atomic E-state index is 11.3. The monoisotopic (exact) mass is 209 g/mol. The van der Waals surface area contributed by atoms with Crippen molar-refractivity contribution >= 4 is 18.5 Å². The van der Waals surface area contributed by atoms with Gasteiger partial charge in [-0.3, -0.25) is 4.79 Å². The number of ether oxygens (including phenoxy) is 1. The summed E-state index contributed by atoms with van der Waals surface area (Å²) in [6, 6.07) is 1.66. The van der Waals surface area contributed by atoms with Crippen LogP contribution in [0.4, 0.5) is 0 Å². The number of carbonyl (C=O) groups is 2. The van der Waals surface area contributed by atoms with Crippen molar-refractivity contribution in [2.24, 2.45) is 0 Å². The van der Waals surface area contributed by atoms with Crippen LogP contribution in [0.15, 0.2) is 28.7 Å². The Balaban J connectivity index is 2.81. The fourth-order valence-electron chi connectivity index (χ4n) is 0.956. The maximum atomic E-state index is 11.3. The van der Waals surface area contributed by atoms with Crippen LogP contribution in [-0.2, 0) is 14.3 Å². The Kier molecular flexibility index (Phi) is 4.15. The quantitative estimate of drug-likeness (QED) is 0.445. The zero-order valence-electron chi connectivity index (χ0n) is 8.23. The third kappa shape index (κ3) is 3.30. The van der Waals surface area contributed by atoms with Gasteiger partial charge < -0.3 is 14.5 Å². The van der Waals surface area contributed by atoms with Gasteiger partial charge in [-0.25, -0.2) is 4.79 Å². The zero-order valence-corrected chi connectivity index (χ0v) is 8.23. The highest BCUT2D eigenvalue weighted by molar-refractivity contribution is 5.95. The first-order valence-corrected chi connectivity index (χ1v) is 4.39. The summed E-state index contributed by atoms with van der Waals surface area (Å²) in [7, 11) is 0. The average Bonchev–Trinajstić information content (AvgIpc) is 2.70. The Morgan fingerprint density at radius 3 is 3.00 bits per heavy atom. The Morgan fingerprint density at radius 2 is 2.47 bits per heavy atom. The Labute approximate surface area is 86.7 Å². The van der Waals surface area contributed by atoms with Crippen molar-refractivity contribution in [1.82, 2.24) is 5.32 Å². The molecule has 1 aromatic heterocycles. The molecule has 0 aliphatic carbocycles. The highest BCUT2D eigenvalue weighted by atomic mass is 16.5. The summed E-state index contributed by atoms with van der Waals surface area (Å²) in [5, 5.41) is 2.27. The van der Waals surface area contributed by atoms with Crippen LogP contribution in [0.1, 0.15) is 12.5 Å². The second-order valence-corrected chi connectivity index (χ2v) is 2.60. The largest absolute Gasteiger partial charge is 0.472 e. The van der Waals surface area contributed by atoms with Gasteiger partial charge in [0.2, 0.25) is 6.41 Å². The van der Waals surface area contributed by atoms with Gasteiger partial charge in [0.25, 0.3) is 0 Å². The molecule has 0 spiro atoms. The molecule has 80 valence electrons. The fourth-order valence-corrected chi connectivity index (χ4v) is 0.956. The third-order valence-corrected chi connectivity index (χ3v) is 1.56. The molecule has 1 rings (SSSR count). The predicted molar refractivity (Wildman–Crippen MR) is 52.5 cm³/mol. The van der Waals surface area contributed by atoms with Crippen molar-refractivity contribution in [3.05, 3.63) is 29.9 Å². The molecular weight excluding hydrogens is 198 g/mol. The zero-order chi connectivity index (χ0) is 11.1. The number of rotatable bonds is 5. The summed E-state index contributed by atoms with van der Waals surface area (Å²) in [6.45, 7) is 1.94. The molecule has 1 heterocycles. The Morgan fingerprint density at radius 1 is 1.67 bits per heavy atom. The molecule has 15 heavy (non-hydrogen) atoms. The fraction of sp³-hybridized carbons (Fsp3) is 0.200. The van der Waals surface area contributed by atoms with Gasteiger partial charge in [-0.2, -0.15) is 0 Å². The van der Waals surface area contributed by atoms with Gasteiger partial charge in [0.05, 0.1) is 19.1 Å². The number of carbonyl (C=O) groups excluding carboxylic acids is 2. The minimum absolute atomic E-state index is 0.0771. The van der Waals surface area contributed by atoms with Gasteiger partial charge in [0, 0.05) is 5.56 Å². The molecule has 0 aliphatic rings. The smallest absolute Gasteiger partial charge is 0.354 e.